The monoisotopic (exact) mass is 419 g/mol. The normalized spacial score (nSPS) is 28.2. The van der Waals surface area contributed by atoms with Crippen LogP contribution in [0.2, 0.25) is 0 Å². The molecule has 2 N–H and O–H groups in total. The molecule has 160 valence electrons. The average molecular weight is 420 g/mol. The number of carboxylic acids is 1. The molecule has 6 heteroatoms. The first-order valence-electron chi connectivity index (χ1n) is 10.6. The summed E-state index contributed by atoms with van der Waals surface area (Å²) in [6, 6.07) is 6.94. The van der Waals surface area contributed by atoms with Crippen molar-refractivity contribution in [2.45, 2.75) is 70.2 Å². The summed E-state index contributed by atoms with van der Waals surface area (Å²) in [4.78, 5) is 10.9. The number of aryl methyl sites for hydroxylation is 1. The summed E-state index contributed by atoms with van der Waals surface area (Å²) in [7, 11) is -3.54. The van der Waals surface area contributed by atoms with Crippen LogP contribution in [0.4, 0.5) is 0 Å². The van der Waals surface area contributed by atoms with Crippen LogP contribution < -0.4 is 4.72 Å². The van der Waals surface area contributed by atoms with Gasteiger partial charge in [0, 0.05) is 12.5 Å². The van der Waals surface area contributed by atoms with E-state index in [2.05, 4.69) is 24.6 Å². The van der Waals surface area contributed by atoms with E-state index in [1.54, 1.807) is 12.1 Å². The smallest absolute Gasteiger partial charge is 0.303 e. The van der Waals surface area contributed by atoms with Gasteiger partial charge in [-0.3, -0.25) is 4.79 Å². The number of unbranched alkanes of at least 4 members (excludes halogenated alkanes) is 1. The second-order valence-corrected chi connectivity index (χ2v) is 11.0. The van der Waals surface area contributed by atoms with Crippen molar-refractivity contribution in [3.8, 4) is 0 Å². The van der Waals surface area contributed by atoms with Crippen molar-refractivity contribution in [2.24, 2.45) is 23.2 Å². The Balaban J connectivity index is 1.68. The van der Waals surface area contributed by atoms with E-state index in [0.29, 0.717) is 23.2 Å². The van der Waals surface area contributed by atoms with Crippen molar-refractivity contribution >= 4 is 16.0 Å². The molecule has 0 spiro atoms. The molecular formula is C23H33NO4S. The minimum absolute atomic E-state index is 0.0539. The highest BCUT2D eigenvalue weighted by atomic mass is 32.2. The molecule has 0 aliphatic heterocycles. The number of carboxylic acid groups (broad SMARTS) is 1. The fraction of sp³-hybridized carbons (Fsp3) is 0.609. The van der Waals surface area contributed by atoms with E-state index in [4.69, 9.17) is 5.11 Å². The first-order valence-corrected chi connectivity index (χ1v) is 12.1. The molecule has 0 saturated heterocycles. The van der Waals surface area contributed by atoms with Crippen LogP contribution in [0.15, 0.2) is 41.3 Å². The third kappa shape index (κ3) is 4.92. The van der Waals surface area contributed by atoms with Crippen molar-refractivity contribution in [2.75, 3.05) is 0 Å². The maximum Gasteiger partial charge on any atom is 0.303 e. The van der Waals surface area contributed by atoms with Gasteiger partial charge in [0.05, 0.1) is 4.90 Å². The zero-order chi connectivity index (χ0) is 21.2. The van der Waals surface area contributed by atoms with Crippen LogP contribution in [0.25, 0.3) is 0 Å². The third-order valence-electron chi connectivity index (χ3n) is 7.09. The molecule has 29 heavy (non-hydrogen) atoms. The van der Waals surface area contributed by atoms with Crippen LogP contribution in [-0.2, 0) is 14.8 Å². The number of nitrogens with one attached hydrogen (secondary N) is 1. The molecule has 3 aliphatic carbocycles. The minimum Gasteiger partial charge on any atom is -0.481 e. The molecule has 0 amide bonds. The zero-order valence-electron chi connectivity index (χ0n) is 17.6. The van der Waals surface area contributed by atoms with Crippen LogP contribution >= 0.6 is 0 Å². The van der Waals surface area contributed by atoms with Gasteiger partial charge in [-0.05, 0) is 74.3 Å². The Bertz CT molecular complexity index is 857. The predicted octanol–water partition coefficient (Wildman–Crippen LogP) is 4.53. The summed E-state index contributed by atoms with van der Waals surface area (Å²) in [5.41, 5.74) is 1.30. The lowest BCUT2D eigenvalue weighted by atomic mass is 9.44. The molecule has 0 heterocycles. The topological polar surface area (TPSA) is 83.5 Å². The highest BCUT2D eigenvalue weighted by Crippen LogP contribution is 2.62. The molecule has 1 aromatic carbocycles. The summed E-state index contributed by atoms with van der Waals surface area (Å²) in [5.74, 6) is 0.578. The Morgan fingerprint density at radius 2 is 1.90 bits per heavy atom. The zero-order valence-corrected chi connectivity index (χ0v) is 18.4. The quantitative estimate of drug-likeness (QED) is 0.455. The van der Waals surface area contributed by atoms with Gasteiger partial charge in [-0.15, -0.1) is 0 Å². The Morgan fingerprint density at radius 1 is 1.21 bits per heavy atom. The maximum atomic E-state index is 12.9. The maximum absolute atomic E-state index is 12.9. The molecule has 0 radical (unpaired) electrons. The van der Waals surface area contributed by atoms with Crippen LogP contribution in [0.3, 0.4) is 0 Å². The lowest BCUT2D eigenvalue weighted by molar-refractivity contribution is -0.137. The summed E-state index contributed by atoms with van der Waals surface area (Å²) >= 11 is 0. The van der Waals surface area contributed by atoms with Crippen LogP contribution in [0, 0.1) is 30.1 Å². The Labute approximate surface area is 174 Å². The molecular weight excluding hydrogens is 386 g/mol. The molecule has 3 fully saturated rings. The first-order chi connectivity index (χ1) is 13.6. The number of sulfonamides is 1. The second-order valence-electron chi connectivity index (χ2n) is 9.29. The largest absolute Gasteiger partial charge is 0.481 e. The first kappa shape index (κ1) is 22.0. The highest BCUT2D eigenvalue weighted by molar-refractivity contribution is 7.89. The van der Waals surface area contributed by atoms with Crippen molar-refractivity contribution in [1.82, 2.24) is 4.72 Å². The number of carbonyl (C=O) groups is 1. The molecule has 4 atom stereocenters. The average Bonchev–Trinajstić information content (AvgIpc) is 2.64. The standard InChI is InChI=1S/C23H33NO4S/c1-16-10-12-18(13-11-16)29(27,28)24-21-15-17-14-20(23(17,2)3)19(21)8-6-4-5-7-9-22(25)26/h4,6,10-13,17,19-21,24H,5,7-9,14-15H2,1-3H3,(H,25,26)/b6-4+. The fourth-order valence-electron chi connectivity index (χ4n) is 5.14. The summed E-state index contributed by atoms with van der Waals surface area (Å²) in [6.45, 7) is 6.56. The van der Waals surface area contributed by atoms with E-state index in [1.807, 2.05) is 25.1 Å². The summed E-state index contributed by atoms with van der Waals surface area (Å²) in [5, 5.41) is 8.73. The van der Waals surface area contributed by atoms with Crippen molar-refractivity contribution in [3.63, 3.8) is 0 Å². The second kappa shape index (κ2) is 8.60. The van der Waals surface area contributed by atoms with E-state index in [9.17, 15) is 13.2 Å². The van der Waals surface area contributed by atoms with Crippen molar-refractivity contribution < 1.29 is 18.3 Å². The van der Waals surface area contributed by atoms with Gasteiger partial charge in [-0.1, -0.05) is 43.7 Å². The number of allylic oxidation sites excluding steroid dienone is 2. The van der Waals surface area contributed by atoms with Gasteiger partial charge in [0.15, 0.2) is 0 Å². The SMILES string of the molecule is Cc1ccc(S(=O)(=O)NC2CC3CC(C2C/C=C/CCCC(=O)O)C3(C)C)cc1. The highest BCUT2D eigenvalue weighted by Gasteiger charge is 2.57. The predicted molar refractivity (Wildman–Crippen MR) is 114 cm³/mol. The van der Waals surface area contributed by atoms with Gasteiger partial charge < -0.3 is 5.11 Å². The number of hydrogen-bond donors (Lipinski definition) is 2. The van der Waals surface area contributed by atoms with Crippen molar-refractivity contribution in [3.05, 3.63) is 42.0 Å². The Morgan fingerprint density at radius 3 is 2.52 bits per heavy atom. The molecule has 3 saturated carbocycles. The Kier molecular flexibility index (Phi) is 6.54. The van der Waals surface area contributed by atoms with E-state index in [0.717, 1.165) is 24.8 Å². The number of aliphatic carboxylic acids is 1. The minimum atomic E-state index is -3.54. The lowest BCUT2D eigenvalue weighted by Gasteiger charge is -2.62. The van der Waals surface area contributed by atoms with E-state index in [-0.39, 0.29) is 23.8 Å². The summed E-state index contributed by atoms with van der Waals surface area (Å²) in [6.07, 6.45) is 8.62. The number of rotatable bonds is 9. The van der Waals surface area contributed by atoms with E-state index in [1.165, 1.54) is 6.42 Å². The van der Waals surface area contributed by atoms with Gasteiger partial charge in [-0.25, -0.2) is 13.1 Å². The van der Waals surface area contributed by atoms with Gasteiger partial charge in [0.25, 0.3) is 0 Å². The Hall–Kier alpha value is -1.66. The van der Waals surface area contributed by atoms with Crippen LogP contribution in [-0.4, -0.2) is 25.5 Å². The van der Waals surface area contributed by atoms with Gasteiger partial charge in [-0.2, -0.15) is 0 Å². The molecule has 4 rings (SSSR count). The molecule has 2 bridgehead atoms. The van der Waals surface area contributed by atoms with E-state index < -0.39 is 16.0 Å². The van der Waals surface area contributed by atoms with Gasteiger partial charge in [0.2, 0.25) is 10.0 Å². The van der Waals surface area contributed by atoms with Gasteiger partial charge >= 0.3 is 5.97 Å². The molecule has 0 aromatic heterocycles. The fourth-order valence-corrected chi connectivity index (χ4v) is 6.44. The number of hydrogen-bond acceptors (Lipinski definition) is 3. The summed E-state index contributed by atoms with van der Waals surface area (Å²) < 4.78 is 28.9. The van der Waals surface area contributed by atoms with Gasteiger partial charge in [0.1, 0.15) is 0 Å². The lowest BCUT2D eigenvalue weighted by Crippen LogP contribution is -2.61. The number of fused-ring (bicyclic) bond motifs is 2. The van der Waals surface area contributed by atoms with Crippen molar-refractivity contribution in [1.29, 1.82) is 0 Å². The molecule has 5 nitrogen and oxygen atoms in total. The third-order valence-corrected chi connectivity index (χ3v) is 8.60. The van der Waals surface area contributed by atoms with Crippen LogP contribution in [0.5, 0.6) is 0 Å². The molecule has 1 aromatic rings. The molecule has 4 unspecified atom stereocenters. The van der Waals surface area contributed by atoms with E-state index >= 15 is 0 Å². The molecule has 3 aliphatic rings. The number of benzene rings is 1. The van der Waals surface area contributed by atoms with Crippen LogP contribution in [0.1, 0.15) is 57.9 Å².